The van der Waals surface area contributed by atoms with E-state index in [0.29, 0.717) is 30.8 Å². The number of ether oxygens (including phenoxy) is 1. The summed E-state index contributed by atoms with van der Waals surface area (Å²) in [5, 5.41) is 22.2. The van der Waals surface area contributed by atoms with E-state index in [1.54, 1.807) is 0 Å². The first-order valence-electron chi connectivity index (χ1n) is 10.1. The Morgan fingerprint density at radius 2 is 2.13 bits per heavy atom. The van der Waals surface area contributed by atoms with Gasteiger partial charge in [-0.2, -0.15) is 0 Å². The van der Waals surface area contributed by atoms with Crippen LogP contribution in [0.2, 0.25) is 0 Å². The van der Waals surface area contributed by atoms with Gasteiger partial charge < -0.3 is 20.3 Å². The lowest BCUT2D eigenvalue weighted by atomic mass is 9.74. The zero-order valence-corrected chi connectivity index (χ0v) is 16.4. The number of fused-ring (bicyclic) bond motifs is 4. The maximum atomic E-state index is 13.0. The number of hydrogen-bond acceptors (Lipinski definition) is 6. The molecule has 0 radical (unpaired) electrons. The summed E-state index contributed by atoms with van der Waals surface area (Å²) < 4.78 is 20.4. The number of benzene rings is 1. The number of aromatic hydroxyl groups is 1. The van der Waals surface area contributed by atoms with Crippen LogP contribution < -0.4 is 10.9 Å². The van der Waals surface area contributed by atoms with E-state index in [1.165, 1.54) is 28.8 Å². The number of carbonyl (C=O) groups is 1. The molecule has 2 aliphatic rings. The van der Waals surface area contributed by atoms with E-state index in [-0.39, 0.29) is 37.2 Å². The molecule has 160 valence electrons. The summed E-state index contributed by atoms with van der Waals surface area (Å²) >= 11 is 0. The van der Waals surface area contributed by atoms with Crippen LogP contribution in [0.15, 0.2) is 29.1 Å². The summed E-state index contributed by atoms with van der Waals surface area (Å²) in [6.45, 7) is 0.429. The van der Waals surface area contributed by atoms with Crippen LogP contribution >= 0.6 is 0 Å². The first-order valence-corrected chi connectivity index (χ1v) is 10.1. The Bertz CT molecular complexity index is 1010. The Balaban J connectivity index is 1.66. The number of aliphatic hydroxyl groups excluding tert-OH is 1. The van der Waals surface area contributed by atoms with Crippen molar-refractivity contribution in [2.24, 2.45) is 5.92 Å². The average Bonchev–Trinajstić information content (AvgIpc) is 2.75. The number of carbonyl (C=O) groups excluding carboxylic acids is 1. The molecule has 4 rings (SSSR count). The van der Waals surface area contributed by atoms with Gasteiger partial charge in [0.05, 0.1) is 13.2 Å². The van der Waals surface area contributed by atoms with Gasteiger partial charge in [0.2, 0.25) is 5.75 Å². The Kier molecular flexibility index (Phi) is 5.57. The molecule has 0 spiro atoms. The predicted molar refractivity (Wildman–Crippen MR) is 104 cm³/mol. The molecule has 1 aliphatic carbocycles. The number of aliphatic hydroxyl groups is 1. The lowest BCUT2D eigenvalue weighted by Gasteiger charge is -2.45. The van der Waals surface area contributed by atoms with Crippen molar-refractivity contribution in [1.29, 1.82) is 0 Å². The molecule has 1 amide bonds. The van der Waals surface area contributed by atoms with Crippen LogP contribution in [0.25, 0.3) is 0 Å². The van der Waals surface area contributed by atoms with E-state index < -0.39 is 22.8 Å². The Hall–Kier alpha value is -2.78. The van der Waals surface area contributed by atoms with E-state index in [2.05, 4.69) is 10.3 Å². The van der Waals surface area contributed by atoms with Gasteiger partial charge in [-0.25, -0.2) is 9.37 Å². The lowest BCUT2D eigenvalue weighted by molar-refractivity contribution is -0.119. The third kappa shape index (κ3) is 3.70. The highest BCUT2D eigenvalue weighted by molar-refractivity contribution is 5.94. The zero-order chi connectivity index (χ0) is 21.3. The van der Waals surface area contributed by atoms with Crippen LogP contribution in [-0.4, -0.2) is 38.9 Å². The molecule has 1 fully saturated rings. The van der Waals surface area contributed by atoms with Crippen molar-refractivity contribution in [1.82, 2.24) is 14.9 Å². The first kappa shape index (κ1) is 20.5. The molecule has 2 aromatic rings. The molecular formula is C21H24FN3O5. The fourth-order valence-corrected chi connectivity index (χ4v) is 4.49. The topological polar surface area (TPSA) is 114 Å². The lowest BCUT2D eigenvalue weighted by Crippen LogP contribution is -2.49. The number of halogens is 1. The maximum absolute atomic E-state index is 13.0. The van der Waals surface area contributed by atoms with Crippen molar-refractivity contribution in [3.8, 4) is 5.75 Å². The van der Waals surface area contributed by atoms with Crippen molar-refractivity contribution < 1.29 is 24.1 Å². The average molecular weight is 417 g/mol. The molecular weight excluding hydrogens is 393 g/mol. The van der Waals surface area contributed by atoms with Crippen LogP contribution in [0, 0.1) is 11.7 Å². The van der Waals surface area contributed by atoms with Crippen molar-refractivity contribution in [3.63, 3.8) is 0 Å². The second-order valence-corrected chi connectivity index (χ2v) is 7.89. The van der Waals surface area contributed by atoms with Gasteiger partial charge in [-0.15, -0.1) is 0 Å². The quantitative estimate of drug-likeness (QED) is 0.655. The molecule has 9 heteroatoms. The third-order valence-electron chi connectivity index (χ3n) is 5.86. The fourth-order valence-electron chi connectivity index (χ4n) is 4.49. The number of aromatic nitrogens is 2. The van der Waals surface area contributed by atoms with Gasteiger partial charge in [0.15, 0.2) is 5.69 Å². The monoisotopic (exact) mass is 417 g/mol. The van der Waals surface area contributed by atoms with Crippen molar-refractivity contribution in [2.75, 3.05) is 13.2 Å². The number of amides is 1. The van der Waals surface area contributed by atoms with Crippen LogP contribution in [0.1, 0.15) is 47.6 Å². The summed E-state index contributed by atoms with van der Waals surface area (Å²) in [6, 6.07) is 5.63. The first-order chi connectivity index (χ1) is 14.4. The van der Waals surface area contributed by atoms with Crippen LogP contribution in [0.3, 0.4) is 0 Å². The van der Waals surface area contributed by atoms with Gasteiger partial charge in [0.25, 0.3) is 11.5 Å². The fraction of sp³-hybridized carbons (Fsp3) is 0.476. The van der Waals surface area contributed by atoms with E-state index >= 15 is 0 Å². The minimum atomic E-state index is -0.858. The number of rotatable bonds is 6. The summed E-state index contributed by atoms with van der Waals surface area (Å²) in [5.41, 5.74) is -1.22. The van der Waals surface area contributed by atoms with E-state index in [9.17, 15) is 24.2 Å². The van der Waals surface area contributed by atoms with Gasteiger partial charge in [0.1, 0.15) is 17.2 Å². The highest BCUT2D eigenvalue weighted by atomic mass is 19.1. The highest BCUT2D eigenvalue weighted by Gasteiger charge is 2.47. The standard InChI is InChI=1S/C21H24FN3O5/c22-15-5-3-13(4-6-15)11-23-18(28)16-17(27)19(29)25-12-14-2-1-7-21(10-14,20(25)24-16)30-9-8-26/h3-6,14,26-27H,1-2,7-12H2,(H,23,28). The SMILES string of the molecule is O=C(NCc1ccc(F)cc1)c1nc2n(c(=O)c1O)CC1CCCC2(OCCO)C1. The van der Waals surface area contributed by atoms with Gasteiger partial charge in [-0.1, -0.05) is 12.1 Å². The van der Waals surface area contributed by atoms with Crippen LogP contribution in [0.5, 0.6) is 5.75 Å². The smallest absolute Gasteiger partial charge is 0.296 e. The summed E-state index contributed by atoms with van der Waals surface area (Å²) in [6.07, 6.45) is 3.11. The molecule has 2 bridgehead atoms. The molecule has 8 nitrogen and oxygen atoms in total. The Morgan fingerprint density at radius 3 is 2.87 bits per heavy atom. The van der Waals surface area contributed by atoms with Crippen molar-refractivity contribution >= 4 is 5.91 Å². The van der Waals surface area contributed by atoms with E-state index in [4.69, 9.17) is 4.74 Å². The number of nitrogens with zero attached hydrogens (tertiary/aromatic N) is 2. The second-order valence-electron chi connectivity index (χ2n) is 7.89. The highest BCUT2D eigenvalue weighted by Crippen LogP contribution is 2.46. The zero-order valence-electron chi connectivity index (χ0n) is 16.4. The molecule has 3 N–H and O–H groups in total. The molecule has 2 heterocycles. The second kappa shape index (κ2) is 8.16. The molecule has 1 aromatic carbocycles. The largest absolute Gasteiger partial charge is 0.501 e. The molecule has 2 unspecified atom stereocenters. The van der Waals surface area contributed by atoms with Gasteiger partial charge in [0, 0.05) is 13.1 Å². The molecule has 30 heavy (non-hydrogen) atoms. The number of hydrogen-bond donors (Lipinski definition) is 3. The Labute approximate surface area is 172 Å². The molecule has 2 atom stereocenters. The molecule has 1 aromatic heterocycles. The van der Waals surface area contributed by atoms with Crippen molar-refractivity contribution in [3.05, 3.63) is 57.5 Å². The maximum Gasteiger partial charge on any atom is 0.296 e. The van der Waals surface area contributed by atoms with E-state index in [0.717, 1.165) is 12.8 Å². The predicted octanol–water partition coefficient (Wildman–Crippen LogP) is 1.43. The normalized spacial score (nSPS) is 22.4. The minimum absolute atomic E-state index is 0.0902. The van der Waals surface area contributed by atoms with Crippen molar-refractivity contribution in [2.45, 2.75) is 44.4 Å². The molecule has 0 saturated heterocycles. The van der Waals surface area contributed by atoms with E-state index in [1.807, 2.05) is 0 Å². The Morgan fingerprint density at radius 1 is 1.37 bits per heavy atom. The van der Waals surface area contributed by atoms with Crippen LogP contribution in [-0.2, 0) is 23.4 Å². The molecule has 1 saturated carbocycles. The van der Waals surface area contributed by atoms with Gasteiger partial charge >= 0.3 is 0 Å². The van der Waals surface area contributed by atoms with Gasteiger partial charge in [-0.05, 0) is 49.3 Å². The summed E-state index contributed by atoms with van der Waals surface area (Å²) in [7, 11) is 0. The minimum Gasteiger partial charge on any atom is -0.501 e. The summed E-state index contributed by atoms with van der Waals surface area (Å²) in [4.78, 5) is 29.9. The summed E-state index contributed by atoms with van der Waals surface area (Å²) in [5.74, 6) is -1.25. The van der Waals surface area contributed by atoms with Gasteiger partial charge in [-0.3, -0.25) is 14.2 Å². The molecule has 1 aliphatic heterocycles. The third-order valence-corrected chi connectivity index (χ3v) is 5.86. The number of nitrogens with one attached hydrogen (secondary N) is 1. The van der Waals surface area contributed by atoms with Crippen LogP contribution in [0.4, 0.5) is 4.39 Å².